The minimum atomic E-state index is -0.524. The summed E-state index contributed by atoms with van der Waals surface area (Å²) in [5, 5.41) is 12.6. The van der Waals surface area contributed by atoms with Gasteiger partial charge in [0.1, 0.15) is 0 Å². The lowest BCUT2D eigenvalue weighted by Gasteiger charge is -1.99. The van der Waals surface area contributed by atoms with Gasteiger partial charge in [0.25, 0.3) is 5.91 Å². The third-order valence-corrected chi connectivity index (χ3v) is 3.68. The van der Waals surface area contributed by atoms with Crippen LogP contribution in [0.15, 0.2) is 41.9 Å². The van der Waals surface area contributed by atoms with Crippen LogP contribution in [-0.4, -0.2) is 38.5 Å². The lowest BCUT2D eigenvalue weighted by Crippen LogP contribution is -2.13. The number of para-hydroxylation sites is 1. The first kappa shape index (κ1) is 15.8. The molecule has 0 saturated carbocycles. The van der Waals surface area contributed by atoms with E-state index >= 15 is 0 Å². The highest BCUT2D eigenvalue weighted by atomic mass is 32.1. The molecule has 0 atom stereocenters. The van der Waals surface area contributed by atoms with Gasteiger partial charge in [-0.1, -0.05) is 18.2 Å². The highest BCUT2D eigenvalue weighted by Crippen LogP contribution is 2.17. The Labute approximate surface area is 141 Å². The molecule has 0 aliphatic heterocycles. The van der Waals surface area contributed by atoms with Crippen molar-refractivity contribution >= 4 is 28.3 Å². The lowest BCUT2D eigenvalue weighted by atomic mass is 10.3. The van der Waals surface area contributed by atoms with Crippen LogP contribution < -0.4 is 5.32 Å². The minimum Gasteiger partial charge on any atom is -0.461 e. The molecule has 1 amide bonds. The van der Waals surface area contributed by atoms with Crippen LogP contribution in [0.1, 0.15) is 27.9 Å². The monoisotopic (exact) mass is 343 g/mol. The first-order chi connectivity index (χ1) is 11.7. The average Bonchev–Trinajstić information content (AvgIpc) is 3.25. The van der Waals surface area contributed by atoms with Crippen LogP contribution in [0.5, 0.6) is 0 Å². The predicted octanol–water partition coefficient (Wildman–Crippen LogP) is 2.15. The highest BCUT2D eigenvalue weighted by Gasteiger charge is 2.16. The lowest BCUT2D eigenvalue weighted by molar-refractivity contribution is 0.0520. The Bertz CT molecular complexity index is 859. The molecule has 1 aromatic carbocycles. The number of carbonyl (C=O) groups is 2. The summed E-state index contributed by atoms with van der Waals surface area (Å²) in [6.07, 6.45) is 1.36. The summed E-state index contributed by atoms with van der Waals surface area (Å²) >= 11 is 1.13. The molecule has 0 fully saturated rings. The van der Waals surface area contributed by atoms with Gasteiger partial charge in [-0.15, -0.1) is 16.4 Å². The Morgan fingerprint density at radius 1 is 1.25 bits per heavy atom. The van der Waals surface area contributed by atoms with Gasteiger partial charge in [0.05, 0.1) is 18.5 Å². The van der Waals surface area contributed by atoms with Crippen molar-refractivity contribution in [3.05, 3.63) is 53.3 Å². The SMILES string of the molecule is CCOC(=O)c1csc(NC(=O)c2cnn(-c3ccccc3)n2)n1. The smallest absolute Gasteiger partial charge is 0.357 e. The number of ether oxygens (including phenoxy) is 1. The van der Waals surface area contributed by atoms with E-state index in [0.29, 0.717) is 0 Å². The molecule has 0 saturated heterocycles. The van der Waals surface area contributed by atoms with Gasteiger partial charge in [-0.2, -0.15) is 9.90 Å². The highest BCUT2D eigenvalue weighted by molar-refractivity contribution is 7.14. The van der Waals surface area contributed by atoms with Gasteiger partial charge in [-0.05, 0) is 19.1 Å². The van der Waals surface area contributed by atoms with Gasteiger partial charge >= 0.3 is 5.97 Å². The Hall–Kier alpha value is -3.07. The fraction of sp³-hybridized carbons (Fsp3) is 0.133. The molecule has 8 nitrogen and oxygen atoms in total. The zero-order valence-corrected chi connectivity index (χ0v) is 13.5. The van der Waals surface area contributed by atoms with Crippen molar-refractivity contribution in [1.29, 1.82) is 0 Å². The van der Waals surface area contributed by atoms with Gasteiger partial charge in [-0.3, -0.25) is 10.1 Å². The molecule has 122 valence electrons. The van der Waals surface area contributed by atoms with Crippen LogP contribution >= 0.6 is 11.3 Å². The first-order valence-electron chi connectivity index (χ1n) is 7.09. The molecule has 1 N–H and O–H groups in total. The maximum Gasteiger partial charge on any atom is 0.357 e. The van der Waals surface area contributed by atoms with Gasteiger partial charge in [0.2, 0.25) is 0 Å². The Morgan fingerprint density at radius 2 is 2.04 bits per heavy atom. The van der Waals surface area contributed by atoms with Crippen LogP contribution in [0, 0.1) is 0 Å². The number of rotatable bonds is 5. The number of hydrogen-bond acceptors (Lipinski definition) is 7. The molecule has 0 bridgehead atoms. The van der Waals surface area contributed by atoms with Crippen molar-refractivity contribution in [3.63, 3.8) is 0 Å². The summed E-state index contributed by atoms with van der Waals surface area (Å²) in [5.41, 5.74) is 1.05. The van der Waals surface area contributed by atoms with Crippen molar-refractivity contribution < 1.29 is 14.3 Å². The molecule has 0 aliphatic carbocycles. The van der Waals surface area contributed by atoms with E-state index in [-0.39, 0.29) is 23.1 Å². The quantitative estimate of drug-likeness (QED) is 0.713. The summed E-state index contributed by atoms with van der Waals surface area (Å²) in [6, 6.07) is 9.24. The molecule has 0 radical (unpaired) electrons. The summed E-state index contributed by atoms with van der Waals surface area (Å²) < 4.78 is 4.85. The third-order valence-electron chi connectivity index (χ3n) is 2.92. The van der Waals surface area contributed by atoms with Crippen molar-refractivity contribution in [3.8, 4) is 5.69 Å². The van der Waals surface area contributed by atoms with E-state index in [0.717, 1.165) is 17.0 Å². The van der Waals surface area contributed by atoms with E-state index in [4.69, 9.17) is 4.74 Å². The largest absolute Gasteiger partial charge is 0.461 e. The minimum absolute atomic E-state index is 0.145. The first-order valence-corrected chi connectivity index (χ1v) is 7.97. The predicted molar refractivity (Wildman–Crippen MR) is 87.4 cm³/mol. The van der Waals surface area contributed by atoms with E-state index in [1.54, 1.807) is 6.92 Å². The van der Waals surface area contributed by atoms with Crippen LogP contribution in [0.25, 0.3) is 5.69 Å². The van der Waals surface area contributed by atoms with Gasteiger partial charge < -0.3 is 4.74 Å². The van der Waals surface area contributed by atoms with Crippen LogP contribution in [0.3, 0.4) is 0 Å². The molecule has 3 aromatic rings. The number of benzene rings is 1. The molecule has 0 aliphatic rings. The molecule has 2 aromatic heterocycles. The topological polar surface area (TPSA) is 99.0 Å². The molecule has 0 unspecified atom stereocenters. The van der Waals surface area contributed by atoms with Gasteiger partial charge in [0.15, 0.2) is 16.5 Å². The van der Waals surface area contributed by atoms with Gasteiger partial charge in [0, 0.05) is 5.38 Å². The maximum absolute atomic E-state index is 12.2. The summed E-state index contributed by atoms with van der Waals surface area (Å²) in [5.74, 6) is -0.980. The van der Waals surface area contributed by atoms with E-state index in [1.807, 2.05) is 30.3 Å². The van der Waals surface area contributed by atoms with E-state index in [2.05, 4.69) is 20.5 Å². The number of aromatic nitrogens is 4. The molecule has 24 heavy (non-hydrogen) atoms. The normalized spacial score (nSPS) is 10.4. The van der Waals surface area contributed by atoms with E-state index in [1.165, 1.54) is 16.4 Å². The number of anilines is 1. The van der Waals surface area contributed by atoms with Crippen molar-refractivity contribution in [2.24, 2.45) is 0 Å². The second kappa shape index (κ2) is 7.01. The number of thiazole rings is 1. The Morgan fingerprint density at radius 3 is 2.79 bits per heavy atom. The molecule has 2 heterocycles. The summed E-state index contributed by atoms with van der Waals surface area (Å²) in [4.78, 5) is 29.1. The number of carbonyl (C=O) groups excluding carboxylic acids is 2. The van der Waals surface area contributed by atoms with E-state index in [9.17, 15) is 9.59 Å². The summed E-state index contributed by atoms with van der Waals surface area (Å²) in [7, 11) is 0. The molecular weight excluding hydrogens is 330 g/mol. The number of nitrogens with zero attached hydrogens (tertiary/aromatic N) is 4. The van der Waals surface area contributed by atoms with Crippen molar-refractivity contribution in [2.45, 2.75) is 6.92 Å². The van der Waals surface area contributed by atoms with E-state index < -0.39 is 11.9 Å². The average molecular weight is 343 g/mol. The zero-order valence-electron chi connectivity index (χ0n) is 12.7. The van der Waals surface area contributed by atoms with Crippen LogP contribution in [-0.2, 0) is 4.74 Å². The fourth-order valence-corrected chi connectivity index (χ4v) is 2.52. The van der Waals surface area contributed by atoms with Gasteiger partial charge in [-0.25, -0.2) is 9.78 Å². The Kier molecular flexibility index (Phi) is 4.62. The van der Waals surface area contributed by atoms with Crippen LogP contribution in [0.4, 0.5) is 5.13 Å². The molecule has 0 spiro atoms. The maximum atomic E-state index is 12.2. The number of esters is 1. The standard InChI is InChI=1S/C15H13N5O3S/c1-2-23-14(22)12-9-24-15(17-12)18-13(21)11-8-16-20(19-11)10-6-4-3-5-7-10/h3-9H,2H2,1H3,(H,17,18,21). The third kappa shape index (κ3) is 3.46. The second-order valence-corrected chi connectivity index (χ2v) is 5.43. The van der Waals surface area contributed by atoms with Crippen molar-refractivity contribution in [1.82, 2.24) is 20.0 Å². The second-order valence-electron chi connectivity index (χ2n) is 4.57. The van der Waals surface area contributed by atoms with Crippen LogP contribution in [0.2, 0.25) is 0 Å². The molecule has 3 rings (SSSR count). The number of hydrogen-bond donors (Lipinski definition) is 1. The Balaban J connectivity index is 1.70. The number of nitrogens with one attached hydrogen (secondary N) is 1. The number of amides is 1. The fourth-order valence-electron chi connectivity index (χ4n) is 1.84. The van der Waals surface area contributed by atoms with Crippen molar-refractivity contribution in [2.75, 3.05) is 11.9 Å². The molecular formula is C15H13N5O3S. The molecule has 9 heteroatoms. The summed E-state index contributed by atoms with van der Waals surface area (Å²) in [6.45, 7) is 1.98. The zero-order chi connectivity index (χ0) is 16.9.